The summed E-state index contributed by atoms with van der Waals surface area (Å²) in [5.74, 6) is -0.230. The van der Waals surface area contributed by atoms with E-state index in [1.165, 1.54) is 6.08 Å². The second-order valence-corrected chi connectivity index (χ2v) is 4.57. The van der Waals surface area contributed by atoms with Crippen molar-refractivity contribution in [1.29, 1.82) is 0 Å². The summed E-state index contributed by atoms with van der Waals surface area (Å²) >= 11 is 0. The van der Waals surface area contributed by atoms with Crippen LogP contribution in [0.3, 0.4) is 0 Å². The Hall–Kier alpha value is -1.81. The van der Waals surface area contributed by atoms with Crippen LogP contribution in [0.15, 0.2) is 30.3 Å². The standard InChI is InChI=1S/C14H20N2O2/c1-3-14(2,18)10-16-13(17)8-7-11-5-4-6-12(15)9-11/h4-9,18H,3,10,15H2,1-2H3,(H,16,17)/b8-7+. The first-order valence-electron chi connectivity index (χ1n) is 5.97. The average Bonchev–Trinajstić information content (AvgIpc) is 2.34. The lowest BCUT2D eigenvalue weighted by molar-refractivity contribution is -0.117. The van der Waals surface area contributed by atoms with E-state index in [1.807, 2.05) is 19.1 Å². The first-order valence-corrected chi connectivity index (χ1v) is 5.97. The summed E-state index contributed by atoms with van der Waals surface area (Å²) in [6.07, 6.45) is 3.71. The number of carbonyl (C=O) groups is 1. The number of anilines is 1. The second-order valence-electron chi connectivity index (χ2n) is 4.57. The van der Waals surface area contributed by atoms with E-state index >= 15 is 0 Å². The van der Waals surface area contributed by atoms with Crippen LogP contribution in [0.4, 0.5) is 5.69 Å². The van der Waals surface area contributed by atoms with Crippen LogP contribution in [-0.2, 0) is 4.79 Å². The van der Waals surface area contributed by atoms with Gasteiger partial charge in [-0.25, -0.2) is 0 Å². The molecule has 18 heavy (non-hydrogen) atoms. The molecule has 0 spiro atoms. The maximum absolute atomic E-state index is 11.5. The molecule has 0 heterocycles. The topological polar surface area (TPSA) is 75.3 Å². The van der Waals surface area contributed by atoms with Gasteiger partial charge in [0.05, 0.1) is 5.60 Å². The molecule has 1 atom stereocenters. The van der Waals surface area contributed by atoms with Gasteiger partial charge in [-0.1, -0.05) is 19.1 Å². The highest BCUT2D eigenvalue weighted by molar-refractivity contribution is 5.91. The zero-order chi connectivity index (χ0) is 13.6. The lowest BCUT2D eigenvalue weighted by atomic mass is 10.0. The van der Waals surface area contributed by atoms with Crippen molar-refractivity contribution < 1.29 is 9.90 Å². The van der Waals surface area contributed by atoms with Crippen molar-refractivity contribution in [2.45, 2.75) is 25.9 Å². The zero-order valence-corrected chi connectivity index (χ0v) is 10.8. The third kappa shape index (κ3) is 5.01. The molecule has 0 aromatic heterocycles. The Kier molecular flexibility index (Phi) is 4.92. The molecule has 0 aliphatic heterocycles. The fourth-order valence-electron chi connectivity index (χ4n) is 1.30. The van der Waals surface area contributed by atoms with E-state index in [1.54, 1.807) is 25.1 Å². The van der Waals surface area contributed by atoms with Crippen molar-refractivity contribution in [3.63, 3.8) is 0 Å². The molecule has 1 unspecified atom stereocenters. The lowest BCUT2D eigenvalue weighted by Gasteiger charge is -2.20. The molecule has 4 N–H and O–H groups in total. The maximum atomic E-state index is 11.5. The number of benzene rings is 1. The van der Waals surface area contributed by atoms with Crippen molar-refractivity contribution in [2.75, 3.05) is 12.3 Å². The van der Waals surface area contributed by atoms with Crippen LogP contribution in [-0.4, -0.2) is 23.2 Å². The highest BCUT2D eigenvalue weighted by atomic mass is 16.3. The molecule has 98 valence electrons. The minimum Gasteiger partial charge on any atom is -0.399 e. The number of rotatable bonds is 5. The highest BCUT2D eigenvalue weighted by Gasteiger charge is 2.17. The molecular formula is C14H20N2O2. The fraction of sp³-hybridized carbons (Fsp3) is 0.357. The van der Waals surface area contributed by atoms with E-state index in [-0.39, 0.29) is 12.5 Å². The molecule has 0 radical (unpaired) electrons. The Bertz CT molecular complexity index is 439. The van der Waals surface area contributed by atoms with Gasteiger partial charge in [0.2, 0.25) is 5.91 Å². The quantitative estimate of drug-likeness (QED) is 0.547. The van der Waals surface area contributed by atoms with Gasteiger partial charge in [0.25, 0.3) is 0 Å². The predicted octanol–water partition coefficient (Wildman–Crippen LogP) is 1.56. The minimum absolute atomic E-state index is 0.230. The molecule has 0 aliphatic rings. The maximum Gasteiger partial charge on any atom is 0.244 e. The number of nitrogen functional groups attached to an aromatic ring is 1. The number of hydrogen-bond acceptors (Lipinski definition) is 3. The molecule has 1 amide bonds. The van der Waals surface area contributed by atoms with Crippen molar-refractivity contribution >= 4 is 17.7 Å². The summed E-state index contributed by atoms with van der Waals surface area (Å²) in [5, 5.41) is 12.4. The Morgan fingerprint density at radius 3 is 2.89 bits per heavy atom. The number of nitrogens with two attached hydrogens (primary N) is 1. The first-order chi connectivity index (χ1) is 8.43. The van der Waals surface area contributed by atoms with Crippen LogP contribution in [0, 0.1) is 0 Å². The molecule has 4 heteroatoms. The number of nitrogens with one attached hydrogen (secondary N) is 1. The Morgan fingerprint density at radius 1 is 1.56 bits per heavy atom. The van der Waals surface area contributed by atoms with Crippen LogP contribution in [0.2, 0.25) is 0 Å². The van der Waals surface area contributed by atoms with Gasteiger partial charge < -0.3 is 16.2 Å². The van der Waals surface area contributed by atoms with E-state index in [4.69, 9.17) is 5.73 Å². The number of amides is 1. The summed E-state index contributed by atoms with van der Waals surface area (Å²) in [5.41, 5.74) is 6.30. The average molecular weight is 248 g/mol. The third-order valence-corrected chi connectivity index (χ3v) is 2.74. The molecule has 0 saturated carbocycles. The SMILES string of the molecule is CCC(C)(O)CNC(=O)/C=C/c1cccc(N)c1. The molecule has 0 fully saturated rings. The van der Waals surface area contributed by atoms with E-state index < -0.39 is 5.60 Å². The van der Waals surface area contributed by atoms with Gasteiger partial charge in [-0.2, -0.15) is 0 Å². The van der Waals surface area contributed by atoms with Gasteiger partial charge >= 0.3 is 0 Å². The largest absolute Gasteiger partial charge is 0.399 e. The van der Waals surface area contributed by atoms with Crippen molar-refractivity contribution in [3.05, 3.63) is 35.9 Å². The van der Waals surface area contributed by atoms with Gasteiger partial charge in [0, 0.05) is 18.3 Å². The molecule has 0 aliphatic carbocycles. The highest BCUT2D eigenvalue weighted by Crippen LogP contribution is 2.08. The summed E-state index contributed by atoms with van der Waals surface area (Å²) in [7, 11) is 0. The Labute approximate surface area is 108 Å². The Balaban J connectivity index is 2.50. The van der Waals surface area contributed by atoms with Crippen LogP contribution < -0.4 is 11.1 Å². The van der Waals surface area contributed by atoms with Gasteiger partial charge in [-0.05, 0) is 37.1 Å². The summed E-state index contributed by atoms with van der Waals surface area (Å²) in [6.45, 7) is 3.80. The molecule has 0 saturated heterocycles. The molecule has 1 aromatic rings. The molecule has 4 nitrogen and oxygen atoms in total. The van der Waals surface area contributed by atoms with Crippen LogP contribution in [0.25, 0.3) is 6.08 Å². The number of aliphatic hydroxyl groups is 1. The normalized spacial score (nSPS) is 14.4. The van der Waals surface area contributed by atoms with E-state index in [0.717, 1.165) is 5.56 Å². The molecule has 1 rings (SSSR count). The number of hydrogen-bond donors (Lipinski definition) is 3. The van der Waals surface area contributed by atoms with Crippen molar-refractivity contribution in [3.8, 4) is 0 Å². The van der Waals surface area contributed by atoms with Gasteiger partial charge in [-0.15, -0.1) is 0 Å². The predicted molar refractivity (Wildman–Crippen MR) is 73.8 cm³/mol. The van der Waals surface area contributed by atoms with Crippen LogP contribution in [0.5, 0.6) is 0 Å². The van der Waals surface area contributed by atoms with E-state index in [0.29, 0.717) is 12.1 Å². The zero-order valence-electron chi connectivity index (χ0n) is 10.8. The summed E-state index contributed by atoms with van der Waals surface area (Å²) < 4.78 is 0. The summed E-state index contributed by atoms with van der Waals surface area (Å²) in [6, 6.07) is 7.26. The first kappa shape index (κ1) is 14.3. The van der Waals surface area contributed by atoms with Crippen LogP contribution in [0.1, 0.15) is 25.8 Å². The molecular weight excluding hydrogens is 228 g/mol. The van der Waals surface area contributed by atoms with E-state index in [9.17, 15) is 9.90 Å². The van der Waals surface area contributed by atoms with Gasteiger partial charge in [0.15, 0.2) is 0 Å². The summed E-state index contributed by atoms with van der Waals surface area (Å²) in [4.78, 5) is 11.5. The second kappa shape index (κ2) is 6.21. The molecule has 0 bridgehead atoms. The van der Waals surface area contributed by atoms with Crippen molar-refractivity contribution in [2.24, 2.45) is 0 Å². The van der Waals surface area contributed by atoms with Crippen molar-refractivity contribution in [1.82, 2.24) is 5.32 Å². The lowest BCUT2D eigenvalue weighted by Crippen LogP contribution is -2.39. The molecule has 1 aromatic carbocycles. The van der Waals surface area contributed by atoms with Crippen LogP contribution >= 0.6 is 0 Å². The van der Waals surface area contributed by atoms with Gasteiger partial charge in [-0.3, -0.25) is 4.79 Å². The number of carbonyl (C=O) groups excluding carboxylic acids is 1. The monoisotopic (exact) mass is 248 g/mol. The third-order valence-electron chi connectivity index (χ3n) is 2.74. The fourth-order valence-corrected chi connectivity index (χ4v) is 1.30. The van der Waals surface area contributed by atoms with E-state index in [2.05, 4.69) is 5.32 Å². The van der Waals surface area contributed by atoms with Gasteiger partial charge in [0.1, 0.15) is 0 Å². The minimum atomic E-state index is -0.860. The smallest absolute Gasteiger partial charge is 0.244 e. The Morgan fingerprint density at radius 2 is 2.28 bits per heavy atom.